The highest BCUT2D eigenvalue weighted by Crippen LogP contribution is 2.22. The number of nitrogens with zero attached hydrogens (tertiary/aromatic N) is 5. The number of ether oxygens (including phenoxy) is 2. The van der Waals surface area contributed by atoms with Gasteiger partial charge >= 0.3 is 0 Å². The first kappa shape index (κ1) is 25.7. The van der Waals surface area contributed by atoms with Crippen LogP contribution in [0.4, 0.5) is 5.82 Å². The zero-order valence-corrected chi connectivity index (χ0v) is 21.7. The van der Waals surface area contributed by atoms with Crippen molar-refractivity contribution in [1.82, 2.24) is 20.0 Å². The van der Waals surface area contributed by atoms with Crippen LogP contribution in [0.1, 0.15) is 23.2 Å². The fourth-order valence-corrected chi connectivity index (χ4v) is 4.87. The van der Waals surface area contributed by atoms with E-state index >= 15 is 0 Å². The van der Waals surface area contributed by atoms with Crippen molar-refractivity contribution in [2.45, 2.75) is 18.9 Å². The molecule has 2 saturated heterocycles. The minimum absolute atomic E-state index is 0.0215. The van der Waals surface area contributed by atoms with Gasteiger partial charge in [-0.15, -0.1) is 10.2 Å². The van der Waals surface area contributed by atoms with Crippen LogP contribution in [0.2, 0.25) is 0 Å². The Morgan fingerprint density at radius 1 is 0.974 bits per heavy atom. The number of hydrogen-bond donors (Lipinski definition) is 0. The minimum atomic E-state index is -0.139. The highest BCUT2D eigenvalue weighted by Gasteiger charge is 2.28. The van der Waals surface area contributed by atoms with Crippen molar-refractivity contribution in [2.75, 3.05) is 57.9 Å². The number of benzene rings is 2. The van der Waals surface area contributed by atoms with Crippen LogP contribution in [0.15, 0.2) is 66.7 Å². The molecule has 0 aliphatic carbocycles. The van der Waals surface area contributed by atoms with Crippen molar-refractivity contribution < 1.29 is 19.1 Å². The maximum Gasteiger partial charge on any atom is 0.254 e. The first-order valence-electron chi connectivity index (χ1n) is 13.1. The number of rotatable bonds is 8. The van der Waals surface area contributed by atoms with E-state index < -0.39 is 0 Å². The van der Waals surface area contributed by atoms with Crippen LogP contribution in [-0.4, -0.2) is 90.9 Å². The molecule has 1 atom stereocenters. The fourth-order valence-electron chi connectivity index (χ4n) is 4.87. The van der Waals surface area contributed by atoms with Crippen LogP contribution in [0, 0.1) is 0 Å². The summed E-state index contributed by atoms with van der Waals surface area (Å²) in [7, 11) is 1.64. The predicted octanol–water partition coefficient (Wildman–Crippen LogP) is 3.12. The first-order chi connectivity index (χ1) is 18.6. The molecule has 198 valence electrons. The third-order valence-corrected chi connectivity index (χ3v) is 7.07. The molecule has 0 bridgehead atoms. The normalized spacial score (nSPS) is 17.3. The van der Waals surface area contributed by atoms with E-state index in [1.54, 1.807) is 24.1 Å². The van der Waals surface area contributed by atoms with E-state index in [4.69, 9.17) is 9.47 Å². The average molecular weight is 516 g/mol. The van der Waals surface area contributed by atoms with Gasteiger partial charge in [-0.2, -0.15) is 0 Å². The summed E-state index contributed by atoms with van der Waals surface area (Å²) in [5.41, 5.74) is 2.34. The SMILES string of the molecule is COc1ccc(-c2ccc(N3CCN(C(=O)CN(C[C@@H]4CCCO4)C(=O)c4ccccc4)CC3)nn2)cc1. The number of amides is 2. The first-order valence-corrected chi connectivity index (χ1v) is 13.1. The molecule has 9 nitrogen and oxygen atoms in total. The Kier molecular flexibility index (Phi) is 8.13. The third kappa shape index (κ3) is 6.11. The van der Waals surface area contributed by atoms with E-state index in [9.17, 15) is 9.59 Å². The van der Waals surface area contributed by atoms with Crippen molar-refractivity contribution in [3.63, 3.8) is 0 Å². The van der Waals surface area contributed by atoms with Crippen LogP contribution in [-0.2, 0) is 9.53 Å². The molecule has 3 aromatic rings. The van der Waals surface area contributed by atoms with Crippen molar-refractivity contribution in [3.8, 4) is 17.0 Å². The van der Waals surface area contributed by atoms with E-state index in [-0.39, 0.29) is 24.5 Å². The fraction of sp³-hybridized carbons (Fsp3) is 0.379. The van der Waals surface area contributed by atoms with Crippen LogP contribution < -0.4 is 9.64 Å². The molecule has 1 aromatic heterocycles. The smallest absolute Gasteiger partial charge is 0.254 e. The molecular formula is C29H33N5O4. The molecule has 2 fully saturated rings. The van der Waals surface area contributed by atoms with E-state index in [2.05, 4.69) is 15.1 Å². The molecule has 0 saturated carbocycles. The average Bonchev–Trinajstić information content (AvgIpc) is 3.50. The van der Waals surface area contributed by atoms with Gasteiger partial charge in [0.25, 0.3) is 5.91 Å². The summed E-state index contributed by atoms with van der Waals surface area (Å²) < 4.78 is 11.0. The van der Waals surface area contributed by atoms with E-state index in [1.165, 1.54) is 0 Å². The Morgan fingerprint density at radius 3 is 2.37 bits per heavy atom. The molecule has 0 radical (unpaired) electrons. The Bertz CT molecular complexity index is 1210. The largest absolute Gasteiger partial charge is 0.497 e. The van der Waals surface area contributed by atoms with E-state index in [0.717, 1.165) is 35.7 Å². The molecule has 5 rings (SSSR count). The van der Waals surface area contributed by atoms with Gasteiger partial charge in [0, 0.05) is 50.5 Å². The van der Waals surface area contributed by atoms with Crippen LogP contribution in [0.25, 0.3) is 11.3 Å². The van der Waals surface area contributed by atoms with Crippen LogP contribution in [0.3, 0.4) is 0 Å². The summed E-state index contributed by atoms with van der Waals surface area (Å²) in [4.78, 5) is 32.1. The molecule has 0 spiro atoms. The van der Waals surface area contributed by atoms with E-state index in [1.807, 2.05) is 59.5 Å². The number of carbonyl (C=O) groups excluding carboxylic acids is 2. The Hall–Kier alpha value is -3.98. The van der Waals surface area contributed by atoms with Crippen molar-refractivity contribution in [1.29, 1.82) is 0 Å². The number of carbonyl (C=O) groups is 2. The lowest BCUT2D eigenvalue weighted by atomic mass is 10.1. The summed E-state index contributed by atoms with van der Waals surface area (Å²) >= 11 is 0. The minimum Gasteiger partial charge on any atom is -0.497 e. The summed E-state index contributed by atoms with van der Waals surface area (Å²) in [5.74, 6) is 1.40. The van der Waals surface area contributed by atoms with Crippen molar-refractivity contribution in [2.24, 2.45) is 0 Å². The summed E-state index contributed by atoms with van der Waals surface area (Å²) in [6.45, 7) is 3.61. The highest BCUT2D eigenvalue weighted by molar-refractivity contribution is 5.96. The summed E-state index contributed by atoms with van der Waals surface area (Å²) in [5, 5.41) is 8.83. The third-order valence-electron chi connectivity index (χ3n) is 7.07. The molecule has 2 aliphatic heterocycles. The van der Waals surface area contributed by atoms with Crippen LogP contribution >= 0.6 is 0 Å². The second kappa shape index (κ2) is 12.0. The highest BCUT2D eigenvalue weighted by atomic mass is 16.5. The van der Waals surface area contributed by atoms with Crippen LogP contribution in [0.5, 0.6) is 5.75 Å². The maximum absolute atomic E-state index is 13.2. The number of methoxy groups -OCH3 is 1. The number of aromatic nitrogens is 2. The molecule has 2 amide bonds. The van der Waals surface area contributed by atoms with Gasteiger partial charge < -0.3 is 24.2 Å². The standard InChI is InChI=1S/C29H33N5O4/c1-37-24-11-9-22(10-12-24)26-13-14-27(31-30-26)32-15-17-33(18-16-32)28(35)21-34(20-25-8-5-19-38-25)29(36)23-6-3-2-4-7-23/h2-4,6-7,9-14,25H,5,8,15-21H2,1H3/t25-/m0/s1. The topological polar surface area (TPSA) is 88.1 Å². The zero-order chi connectivity index (χ0) is 26.3. The molecule has 9 heteroatoms. The molecule has 2 aromatic carbocycles. The van der Waals surface area contributed by atoms with Crippen molar-refractivity contribution in [3.05, 3.63) is 72.3 Å². The quantitative estimate of drug-likeness (QED) is 0.456. The van der Waals surface area contributed by atoms with Gasteiger partial charge in [-0.25, -0.2) is 0 Å². The van der Waals surface area contributed by atoms with Gasteiger partial charge in [-0.1, -0.05) is 18.2 Å². The van der Waals surface area contributed by atoms with Gasteiger partial charge in [-0.3, -0.25) is 9.59 Å². The van der Waals surface area contributed by atoms with Gasteiger partial charge in [-0.05, 0) is 61.4 Å². The zero-order valence-electron chi connectivity index (χ0n) is 21.7. The monoisotopic (exact) mass is 515 g/mol. The molecule has 2 aliphatic rings. The van der Waals surface area contributed by atoms with Gasteiger partial charge in [0.2, 0.25) is 5.91 Å². The molecular weight excluding hydrogens is 482 g/mol. The van der Waals surface area contributed by atoms with Gasteiger partial charge in [0.15, 0.2) is 5.82 Å². The predicted molar refractivity (Wildman–Crippen MR) is 144 cm³/mol. The second-order valence-corrected chi connectivity index (χ2v) is 9.56. The molecule has 3 heterocycles. The molecule has 38 heavy (non-hydrogen) atoms. The molecule has 0 unspecified atom stereocenters. The Balaban J connectivity index is 1.18. The van der Waals surface area contributed by atoms with E-state index in [0.29, 0.717) is 44.9 Å². The lowest BCUT2D eigenvalue weighted by Gasteiger charge is -2.36. The Labute approximate surface area is 223 Å². The van der Waals surface area contributed by atoms with Crippen molar-refractivity contribution >= 4 is 17.6 Å². The number of hydrogen-bond acceptors (Lipinski definition) is 7. The summed E-state index contributed by atoms with van der Waals surface area (Å²) in [6.07, 6.45) is 1.87. The number of anilines is 1. The second-order valence-electron chi connectivity index (χ2n) is 9.56. The van der Waals surface area contributed by atoms with Gasteiger partial charge in [0.05, 0.1) is 18.9 Å². The summed E-state index contributed by atoms with van der Waals surface area (Å²) in [6, 6.07) is 20.8. The molecule has 0 N–H and O–H groups in total. The van der Waals surface area contributed by atoms with Gasteiger partial charge in [0.1, 0.15) is 12.3 Å². The lowest BCUT2D eigenvalue weighted by Crippen LogP contribution is -2.52. The lowest BCUT2D eigenvalue weighted by molar-refractivity contribution is -0.132. The number of piperazine rings is 1. The Morgan fingerprint density at radius 2 is 1.74 bits per heavy atom. The maximum atomic E-state index is 13.2.